The van der Waals surface area contributed by atoms with E-state index in [9.17, 15) is 9.59 Å². The fourth-order valence-corrected chi connectivity index (χ4v) is 3.49. The molecule has 3 rings (SSSR count). The predicted molar refractivity (Wildman–Crippen MR) is 97.2 cm³/mol. The molecular formula is C16H17BrN4O2S. The van der Waals surface area contributed by atoms with Crippen LogP contribution < -0.4 is 10.2 Å². The first-order valence-electron chi connectivity index (χ1n) is 7.64. The molecule has 1 aromatic carbocycles. The average Bonchev–Trinajstić information content (AvgIpc) is 3.15. The number of halogens is 1. The van der Waals surface area contributed by atoms with E-state index in [2.05, 4.69) is 31.4 Å². The fraction of sp³-hybridized carbons (Fsp3) is 0.375. The van der Waals surface area contributed by atoms with Crippen LogP contribution in [0.3, 0.4) is 0 Å². The second kappa shape index (κ2) is 6.98. The number of amides is 2. The molecule has 2 amide bonds. The Morgan fingerprint density at radius 2 is 2.04 bits per heavy atom. The molecule has 1 aliphatic heterocycles. The van der Waals surface area contributed by atoms with Crippen LogP contribution >= 0.6 is 27.3 Å². The van der Waals surface area contributed by atoms with Gasteiger partial charge in [-0.2, -0.15) is 0 Å². The highest BCUT2D eigenvalue weighted by Gasteiger charge is 2.35. The number of hydrogen-bond donors (Lipinski definition) is 1. The van der Waals surface area contributed by atoms with Gasteiger partial charge in [-0.3, -0.25) is 9.59 Å². The molecule has 126 valence electrons. The topological polar surface area (TPSA) is 75.2 Å². The monoisotopic (exact) mass is 408 g/mol. The molecule has 1 saturated heterocycles. The van der Waals surface area contributed by atoms with Crippen LogP contribution in [0.4, 0.5) is 10.8 Å². The van der Waals surface area contributed by atoms with E-state index in [0.717, 1.165) is 15.2 Å². The molecule has 0 spiro atoms. The van der Waals surface area contributed by atoms with Crippen molar-refractivity contribution in [3.05, 3.63) is 33.7 Å². The maximum atomic E-state index is 12.4. The van der Waals surface area contributed by atoms with E-state index in [1.807, 2.05) is 38.1 Å². The van der Waals surface area contributed by atoms with E-state index in [-0.39, 0.29) is 30.1 Å². The summed E-state index contributed by atoms with van der Waals surface area (Å²) in [5.41, 5.74) is 0.802. The number of aromatic nitrogens is 2. The molecule has 0 bridgehead atoms. The van der Waals surface area contributed by atoms with Gasteiger partial charge in [-0.25, -0.2) is 0 Å². The molecule has 2 aromatic rings. The van der Waals surface area contributed by atoms with Gasteiger partial charge < -0.3 is 10.2 Å². The van der Waals surface area contributed by atoms with Crippen molar-refractivity contribution in [3.63, 3.8) is 0 Å². The maximum absolute atomic E-state index is 12.4. The molecule has 1 fully saturated rings. The fourth-order valence-electron chi connectivity index (χ4n) is 2.48. The molecule has 0 radical (unpaired) electrons. The van der Waals surface area contributed by atoms with Crippen LogP contribution in [0, 0.1) is 5.92 Å². The van der Waals surface area contributed by atoms with Crippen molar-refractivity contribution in [2.75, 3.05) is 16.8 Å². The number of rotatable bonds is 4. The number of carbonyl (C=O) groups is 2. The van der Waals surface area contributed by atoms with Gasteiger partial charge in [0.25, 0.3) is 0 Å². The Morgan fingerprint density at radius 3 is 2.67 bits per heavy atom. The Labute approximate surface area is 152 Å². The number of hydrogen-bond acceptors (Lipinski definition) is 5. The summed E-state index contributed by atoms with van der Waals surface area (Å²) in [6.45, 7) is 4.43. The van der Waals surface area contributed by atoms with E-state index in [1.165, 1.54) is 11.3 Å². The summed E-state index contributed by atoms with van der Waals surface area (Å²) in [5, 5.41) is 12.2. The molecule has 1 N–H and O–H groups in total. The SMILES string of the molecule is CC(C)c1nnc(NC(=O)[C@@H]2CC(=O)N(c3ccc(Br)cc3)C2)s1. The summed E-state index contributed by atoms with van der Waals surface area (Å²) in [4.78, 5) is 26.3. The standard InChI is InChI=1S/C16H17BrN4O2S/c1-9(2)15-19-20-16(24-15)18-14(23)10-7-13(22)21(8-10)12-5-3-11(17)4-6-12/h3-6,9-10H,7-8H2,1-2H3,(H,18,20,23)/t10-/m1/s1. The lowest BCUT2D eigenvalue weighted by Crippen LogP contribution is -2.28. The molecule has 0 saturated carbocycles. The van der Waals surface area contributed by atoms with Crippen molar-refractivity contribution in [2.45, 2.75) is 26.2 Å². The van der Waals surface area contributed by atoms with Crippen LogP contribution in [0.1, 0.15) is 31.2 Å². The van der Waals surface area contributed by atoms with E-state index < -0.39 is 0 Å². The first-order valence-corrected chi connectivity index (χ1v) is 9.25. The van der Waals surface area contributed by atoms with Crippen molar-refractivity contribution in [1.82, 2.24) is 10.2 Å². The van der Waals surface area contributed by atoms with Crippen molar-refractivity contribution < 1.29 is 9.59 Å². The smallest absolute Gasteiger partial charge is 0.231 e. The summed E-state index contributed by atoms with van der Waals surface area (Å²) in [6, 6.07) is 7.49. The Hall–Kier alpha value is -1.80. The quantitative estimate of drug-likeness (QED) is 0.840. The summed E-state index contributed by atoms with van der Waals surface area (Å²) >= 11 is 4.74. The van der Waals surface area contributed by atoms with Gasteiger partial charge >= 0.3 is 0 Å². The zero-order valence-corrected chi connectivity index (χ0v) is 15.7. The zero-order chi connectivity index (χ0) is 17.3. The minimum atomic E-state index is -0.382. The molecule has 24 heavy (non-hydrogen) atoms. The Balaban J connectivity index is 1.66. The van der Waals surface area contributed by atoms with Crippen LogP contribution in [0.25, 0.3) is 0 Å². The highest BCUT2D eigenvalue weighted by atomic mass is 79.9. The minimum absolute atomic E-state index is 0.0439. The number of nitrogens with zero attached hydrogens (tertiary/aromatic N) is 3. The summed E-state index contributed by atoms with van der Waals surface area (Å²) in [7, 11) is 0. The average molecular weight is 409 g/mol. The minimum Gasteiger partial charge on any atom is -0.312 e. The van der Waals surface area contributed by atoms with E-state index >= 15 is 0 Å². The van der Waals surface area contributed by atoms with Crippen molar-refractivity contribution in [1.29, 1.82) is 0 Å². The maximum Gasteiger partial charge on any atom is 0.231 e. The molecule has 1 aromatic heterocycles. The highest BCUT2D eigenvalue weighted by Crippen LogP contribution is 2.28. The molecule has 8 heteroatoms. The third kappa shape index (κ3) is 3.64. The molecule has 1 atom stereocenters. The van der Waals surface area contributed by atoms with Crippen LogP contribution in [0.2, 0.25) is 0 Å². The van der Waals surface area contributed by atoms with Gasteiger partial charge in [-0.05, 0) is 24.3 Å². The van der Waals surface area contributed by atoms with Crippen LogP contribution in [0.5, 0.6) is 0 Å². The van der Waals surface area contributed by atoms with Gasteiger partial charge in [0.1, 0.15) is 5.01 Å². The predicted octanol–water partition coefficient (Wildman–Crippen LogP) is 3.42. The first kappa shape index (κ1) is 17.0. The summed E-state index contributed by atoms with van der Waals surface area (Å²) < 4.78 is 0.949. The Morgan fingerprint density at radius 1 is 1.33 bits per heavy atom. The van der Waals surface area contributed by atoms with Gasteiger partial charge in [0, 0.05) is 29.0 Å². The van der Waals surface area contributed by atoms with E-state index in [0.29, 0.717) is 11.7 Å². The Kier molecular flexibility index (Phi) is 4.96. The molecule has 0 unspecified atom stereocenters. The largest absolute Gasteiger partial charge is 0.312 e. The third-order valence-electron chi connectivity index (χ3n) is 3.80. The lowest BCUT2D eigenvalue weighted by atomic mass is 10.1. The van der Waals surface area contributed by atoms with Crippen molar-refractivity contribution >= 4 is 49.9 Å². The van der Waals surface area contributed by atoms with Gasteiger partial charge in [-0.1, -0.05) is 41.1 Å². The molecule has 6 nitrogen and oxygen atoms in total. The molecule has 2 heterocycles. The van der Waals surface area contributed by atoms with E-state index in [4.69, 9.17) is 0 Å². The Bertz CT molecular complexity index is 760. The van der Waals surface area contributed by atoms with Gasteiger partial charge in [0.2, 0.25) is 16.9 Å². The van der Waals surface area contributed by atoms with Crippen LogP contribution in [0.15, 0.2) is 28.7 Å². The zero-order valence-electron chi connectivity index (χ0n) is 13.3. The first-order chi connectivity index (χ1) is 11.4. The van der Waals surface area contributed by atoms with Crippen LogP contribution in [-0.2, 0) is 9.59 Å². The molecular weight excluding hydrogens is 392 g/mol. The van der Waals surface area contributed by atoms with Gasteiger partial charge in [-0.15, -0.1) is 10.2 Å². The van der Waals surface area contributed by atoms with Gasteiger partial charge in [0.05, 0.1) is 5.92 Å². The summed E-state index contributed by atoms with van der Waals surface area (Å²) in [5.74, 6) is -0.339. The number of carbonyl (C=O) groups excluding carboxylic acids is 2. The summed E-state index contributed by atoms with van der Waals surface area (Å²) in [6.07, 6.45) is 0.206. The number of nitrogens with one attached hydrogen (secondary N) is 1. The molecule has 0 aliphatic carbocycles. The van der Waals surface area contributed by atoms with Gasteiger partial charge in [0.15, 0.2) is 0 Å². The highest BCUT2D eigenvalue weighted by molar-refractivity contribution is 9.10. The molecule has 1 aliphatic rings. The lowest BCUT2D eigenvalue weighted by molar-refractivity contribution is -0.122. The third-order valence-corrected chi connectivity index (χ3v) is 5.47. The lowest BCUT2D eigenvalue weighted by Gasteiger charge is -2.16. The van der Waals surface area contributed by atoms with Crippen molar-refractivity contribution in [2.24, 2.45) is 5.92 Å². The van der Waals surface area contributed by atoms with Crippen LogP contribution in [-0.4, -0.2) is 28.6 Å². The normalized spacial score (nSPS) is 17.6. The van der Waals surface area contributed by atoms with E-state index in [1.54, 1.807) is 4.90 Å². The number of anilines is 2. The second-order valence-corrected chi connectivity index (χ2v) is 7.90. The number of benzene rings is 1. The van der Waals surface area contributed by atoms with Crippen molar-refractivity contribution in [3.8, 4) is 0 Å². The second-order valence-electron chi connectivity index (χ2n) is 5.97.